The number of pyridine rings is 1. The number of hydrogen-bond donors (Lipinski definition) is 2. The van der Waals surface area contributed by atoms with Crippen LogP contribution in [0.25, 0.3) is 0 Å². The minimum atomic E-state index is -0.431. The van der Waals surface area contributed by atoms with E-state index in [1.807, 2.05) is 24.6 Å². The van der Waals surface area contributed by atoms with Crippen LogP contribution in [-0.4, -0.2) is 33.8 Å². The van der Waals surface area contributed by atoms with E-state index < -0.39 is 5.82 Å². The van der Waals surface area contributed by atoms with Crippen molar-refractivity contribution in [3.05, 3.63) is 71.6 Å². The molecule has 0 atom stereocenters. The van der Waals surface area contributed by atoms with Gasteiger partial charge in [-0.2, -0.15) is 5.10 Å². The molecule has 0 radical (unpaired) electrons. The number of benzene rings is 1. The minimum absolute atomic E-state index is 0.162. The maximum absolute atomic E-state index is 14.4. The normalized spacial score (nSPS) is 11.4. The van der Waals surface area contributed by atoms with E-state index in [0.717, 1.165) is 43.0 Å². The van der Waals surface area contributed by atoms with Crippen LogP contribution in [0.2, 0.25) is 0 Å². The van der Waals surface area contributed by atoms with E-state index in [1.54, 1.807) is 30.6 Å². The Balaban J connectivity index is 1.53. The standard InChI is InChI=1S/C23H29FN6O/c1-4-26-23(27-11-6-12-30-18(3)13-17(2)29-30)28-15-19-8-9-22(21(24)14-19)31-20-7-5-10-25-16-20/h5,7-10,13-14,16H,4,6,11-12,15H2,1-3H3,(H2,26,27,28). The number of guanidine groups is 1. The van der Waals surface area contributed by atoms with E-state index in [2.05, 4.69) is 38.7 Å². The Bertz CT molecular complexity index is 1000. The van der Waals surface area contributed by atoms with E-state index in [9.17, 15) is 4.39 Å². The Morgan fingerprint density at radius 2 is 2.06 bits per heavy atom. The Morgan fingerprint density at radius 3 is 2.74 bits per heavy atom. The van der Waals surface area contributed by atoms with E-state index in [-0.39, 0.29) is 5.75 Å². The van der Waals surface area contributed by atoms with Gasteiger partial charge in [-0.15, -0.1) is 0 Å². The van der Waals surface area contributed by atoms with Crippen LogP contribution in [0.3, 0.4) is 0 Å². The highest BCUT2D eigenvalue weighted by atomic mass is 19.1. The van der Waals surface area contributed by atoms with E-state index in [1.165, 1.54) is 6.07 Å². The molecule has 1 aromatic carbocycles. The minimum Gasteiger partial charge on any atom is -0.453 e. The molecule has 0 aliphatic rings. The molecular weight excluding hydrogens is 395 g/mol. The van der Waals surface area contributed by atoms with Gasteiger partial charge in [0, 0.05) is 31.5 Å². The Kier molecular flexibility index (Phi) is 7.98. The SMILES string of the molecule is CCNC(=NCc1ccc(Oc2cccnc2)c(F)c1)NCCCn1nc(C)cc1C. The van der Waals surface area contributed by atoms with Crippen molar-refractivity contribution < 1.29 is 9.13 Å². The predicted molar refractivity (Wildman–Crippen MR) is 120 cm³/mol. The zero-order chi connectivity index (χ0) is 22.1. The summed E-state index contributed by atoms with van der Waals surface area (Å²) in [6.07, 6.45) is 4.10. The third-order valence-electron chi connectivity index (χ3n) is 4.56. The first kappa shape index (κ1) is 22.3. The van der Waals surface area contributed by atoms with E-state index >= 15 is 0 Å². The number of nitrogens with one attached hydrogen (secondary N) is 2. The first-order chi connectivity index (χ1) is 15.0. The molecule has 0 spiro atoms. The molecule has 3 rings (SSSR count). The van der Waals surface area contributed by atoms with Gasteiger partial charge in [-0.3, -0.25) is 9.67 Å². The van der Waals surface area contributed by atoms with Crippen LogP contribution in [-0.2, 0) is 13.1 Å². The molecule has 0 aliphatic carbocycles. The molecule has 0 saturated carbocycles. The highest BCUT2D eigenvalue weighted by molar-refractivity contribution is 5.79. The average Bonchev–Trinajstić information content (AvgIpc) is 3.08. The van der Waals surface area contributed by atoms with Crippen molar-refractivity contribution in [2.24, 2.45) is 4.99 Å². The van der Waals surface area contributed by atoms with Crippen molar-refractivity contribution in [3.63, 3.8) is 0 Å². The molecule has 7 nitrogen and oxygen atoms in total. The molecule has 3 aromatic rings. The van der Waals surface area contributed by atoms with Crippen LogP contribution in [0, 0.1) is 19.7 Å². The lowest BCUT2D eigenvalue weighted by Crippen LogP contribution is -2.38. The number of rotatable bonds is 9. The van der Waals surface area contributed by atoms with Gasteiger partial charge in [-0.05, 0) is 63.1 Å². The molecule has 0 unspecified atom stereocenters. The fourth-order valence-corrected chi connectivity index (χ4v) is 3.11. The molecule has 0 saturated heterocycles. The van der Waals surface area contributed by atoms with Crippen LogP contribution in [0.1, 0.15) is 30.3 Å². The van der Waals surface area contributed by atoms with Crippen LogP contribution in [0.4, 0.5) is 4.39 Å². The highest BCUT2D eigenvalue weighted by Gasteiger charge is 2.07. The van der Waals surface area contributed by atoms with Crippen LogP contribution < -0.4 is 15.4 Å². The van der Waals surface area contributed by atoms with Crippen molar-refractivity contribution in [2.45, 2.75) is 40.3 Å². The summed E-state index contributed by atoms with van der Waals surface area (Å²) in [6.45, 7) is 8.78. The average molecular weight is 425 g/mol. The summed E-state index contributed by atoms with van der Waals surface area (Å²) in [5.74, 6) is 0.924. The molecule has 2 aromatic heterocycles. The van der Waals surface area contributed by atoms with Crippen LogP contribution >= 0.6 is 0 Å². The molecule has 2 heterocycles. The largest absolute Gasteiger partial charge is 0.453 e. The lowest BCUT2D eigenvalue weighted by Gasteiger charge is -2.12. The second kappa shape index (κ2) is 11.1. The smallest absolute Gasteiger partial charge is 0.191 e. The second-order valence-corrected chi connectivity index (χ2v) is 7.18. The number of aromatic nitrogens is 3. The first-order valence-electron chi connectivity index (χ1n) is 10.4. The van der Waals surface area contributed by atoms with Crippen LogP contribution in [0.15, 0.2) is 53.8 Å². The van der Waals surface area contributed by atoms with Gasteiger partial charge in [0.1, 0.15) is 5.75 Å². The van der Waals surface area contributed by atoms with Gasteiger partial charge in [-0.1, -0.05) is 6.07 Å². The molecule has 31 heavy (non-hydrogen) atoms. The van der Waals surface area contributed by atoms with Crippen molar-refractivity contribution in [3.8, 4) is 11.5 Å². The summed E-state index contributed by atoms with van der Waals surface area (Å²) in [4.78, 5) is 8.52. The first-order valence-corrected chi connectivity index (χ1v) is 10.4. The molecule has 2 N–H and O–H groups in total. The summed E-state index contributed by atoms with van der Waals surface area (Å²) in [5, 5.41) is 11.0. The number of aryl methyl sites for hydroxylation is 3. The van der Waals surface area contributed by atoms with Gasteiger partial charge < -0.3 is 15.4 Å². The maximum atomic E-state index is 14.4. The molecule has 0 bridgehead atoms. The van der Waals surface area contributed by atoms with Crippen molar-refractivity contribution >= 4 is 5.96 Å². The van der Waals surface area contributed by atoms with Gasteiger partial charge >= 0.3 is 0 Å². The molecule has 164 valence electrons. The van der Waals surface area contributed by atoms with Crippen molar-refractivity contribution in [1.29, 1.82) is 0 Å². The van der Waals surface area contributed by atoms with Gasteiger partial charge in [-0.25, -0.2) is 9.38 Å². The lowest BCUT2D eigenvalue weighted by molar-refractivity contribution is 0.440. The third kappa shape index (κ3) is 6.80. The summed E-state index contributed by atoms with van der Waals surface area (Å²) >= 11 is 0. The quantitative estimate of drug-likeness (QED) is 0.309. The van der Waals surface area contributed by atoms with Gasteiger partial charge in [0.25, 0.3) is 0 Å². The topological polar surface area (TPSA) is 76.4 Å². The zero-order valence-electron chi connectivity index (χ0n) is 18.2. The number of nitrogens with zero attached hydrogens (tertiary/aromatic N) is 4. The number of halogens is 1. The third-order valence-corrected chi connectivity index (χ3v) is 4.56. The van der Waals surface area contributed by atoms with E-state index in [4.69, 9.17) is 4.74 Å². The predicted octanol–water partition coefficient (Wildman–Crippen LogP) is 3.97. The number of aliphatic imine (C=N–C) groups is 1. The Hall–Kier alpha value is -3.42. The highest BCUT2D eigenvalue weighted by Crippen LogP contribution is 2.24. The summed E-state index contributed by atoms with van der Waals surface area (Å²) in [7, 11) is 0. The number of ether oxygens (including phenoxy) is 1. The van der Waals surface area contributed by atoms with Crippen LogP contribution in [0.5, 0.6) is 11.5 Å². The molecule has 0 amide bonds. The maximum Gasteiger partial charge on any atom is 0.191 e. The Labute approximate surface area is 182 Å². The molecule has 8 heteroatoms. The lowest BCUT2D eigenvalue weighted by atomic mass is 10.2. The fourth-order valence-electron chi connectivity index (χ4n) is 3.11. The summed E-state index contributed by atoms with van der Waals surface area (Å²) in [6, 6.07) is 10.4. The second-order valence-electron chi connectivity index (χ2n) is 7.18. The summed E-state index contributed by atoms with van der Waals surface area (Å²) in [5.41, 5.74) is 2.95. The van der Waals surface area contributed by atoms with Gasteiger partial charge in [0.15, 0.2) is 17.5 Å². The molecule has 0 fully saturated rings. The van der Waals surface area contributed by atoms with Gasteiger partial charge in [0.2, 0.25) is 0 Å². The van der Waals surface area contributed by atoms with Crippen molar-refractivity contribution in [2.75, 3.05) is 13.1 Å². The zero-order valence-corrected chi connectivity index (χ0v) is 18.2. The Morgan fingerprint density at radius 1 is 1.19 bits per heavy atom. The monoisotopic (exact) mass is 424 g/mol. The molecule has 0 aliphatic heterocycles. The van der Waals surface area contributed by atoms with Gasteiger partial charge in [0.05, 0.1) is 18.4 Å². The van der Waals surface area contributed by atoms with E-state index in [0.29, 0.717) is 18.3 Å². The molecular formula is C23H29FN6O. The summed E-state index contributed by atoms with van der Waals surface area (Å²) < 4.78 is 22.0. The van der Waals surface area contributed by atoms with Crippen molar-refractivity contribution in [1.82, 2.24) is 25.4 Å². The fraction of sp³-hybridized carbons (Fsp3) is 0.348. The number of hydrogen-bond acceptors (Lipinski definition) is 4.